The van der Waals surface area contributed by atoms with E-state index >= 15 is 0 Å². The fraction of sp³-hybridized carbons (Fsp3) is 0.267. The van der Waals surface area contributed by atoms with Gasteiger partial charge >= 0.3 is 6.03 Å². The molecule has 0 unspecified atom stereocenters. The number of aromatic nitrogens is 3. The lowest BCUT2D eigenvalue weighted by Crippen LogP contribution is -2.37. The van der Waals surface area contributed by atoms with Gasteiger partial charge in [-0.25, -0.2) is 14.5 Å². The molecule has 0 aliphatic carbocycles. The average Bonchev–Trinajstić information content (AvgIpc) is 2.66. The molecule has 2 N–H and O–H groups in total. The lowest BCUT2D eigenvalue weighted by molar-refractivity contribution is 0.0823. The number of carbonyl (C=O) groups excluding carboxylic acids is 2. The number of nitrogens with one attached hydrogen (secondary N) is 2. The van der Waals surface area contributed by atoms with Gasteiger partial charge in [-0.15, -0.1) is 0 Å². The van der Waals surface area contributed by atoms with Crippen molar-refractivity contribution in [3.05, 3.63) is 28.9 Å². The highest BCUT2D eigenvalue weighted by Gasteiger charge is 2.28. The number of carbonyl (C=O) groups is 2. The molecule has 2 rings (SSSR count). The van der Waals surface area contributed by atoms with Crippen LogP contribution >= 0.6 is 11.6 Å². The second kappa shape index (κ2) is 8.87. The smallest absolute Gasteiger partial charge is 0.335 e. The zero-order chi connectivity index (χ0) is 21.8. The van der Waals surface area contributed by atoms with Gasteiger partial charge in [0, 0.05) is 14.1 Å². The van der Waals surface area contributed by atoms with Gasteiger partial charge in [-0.2, -0.15) is 18.4 Å². The molecule has 0 atom stereocenters. The zero-order valence-electron chi connectivity index (χ0n) is 15.8. The van der Waals surface area contributed by atoms with E-state index in [2.05, 4.69) is 20.3 Å². The summed E-state index contributed by atoms with van der Waals surface area (Å²) in [6.07, 6.45) is 0. The van der Waals surface area contributed by atoms with E-state index in [1.54, 1.807) is 4.72 Å². The van der Waals surface area contributed by atoms with Gasteiger partial charge in [0.25, 0.3) is 15.9 Å². The van der Waals surface area contributed by atoms with Gasteiger partial charge < -0.3 is 14.4 Å². The van der Waals surface area contributed by atoms with Gasteiger partial charge in [0.15, 0.2) is 5.03 Å². The van der Waals surface area contributed by atoms with Crippen LogP contribution in [0.4, 0.5) is 10.7 Å². The predicted octanol–water partition coefficient (Wildman–Crippen LogP) is 0.754. The molecule has 0 saturated heterocycles. The third kappa shape index (κ3) is 5.42. The van der Waals surface area contributed by atoms with Gasteiger partial charge in [0.2, 0.25) is 17.7 Å². The molecule has 29 heavy (non-hydrogen) atoms. The van der Waals surface area contributed by atoms with Crippen molar-refractivity contribution in [3.8, 4) is 11.8 Å². The molecule has 156 valence electrons. The summed E-state index contributed by atoms with van der Waals surface area (Å²) in [4.78, 5) is 37.0. The number of urea groups is 1. The molecular formula is C15H17ClN6O6S. The number of pyridine rings is 1. The Bertz CT molecular complexity index is 1020. The molecule has 0 spiro atoms. The number of anilines is 1. The maximum absolute atomic E-state index is 12.6. The Hall–Kier alpha value is -3.19. The Labute approximate surface area is 171 Å². The van der Waals surface area contributed by atoms with Gasteiger partial charge in [-0.05, 0) is 12.1 Å². The van der Waals surface area contributed by atoms with Crippen molar-refractivity contribution in [2.24, 2.45) is 0 Å². The second-order valence-electron chi connectivity index (χ2n) is 5.52. The molecule has 2 aromatic rings. The first-order chi connectivity index (χ1) is 13.6. The van der Waals surface area contributed by atoms with Crippen molar-refractivity contribution in [2.45, 2.75) is 5.03 Å². The molecule has 3 amide bonds. The van der Waals surface area contributed by atoms with Crippen LogP contribution in [0.15, 0.2) is 23.2 Å². The molecule has 0 aliphatic rings. The Balaban J connectivity index is 2.31. The Kier molecular flexibility index (Phi) is 6.76. The fourth-order valence-electron chi connectivity index (χ4n) is 1.99. The van der Waals surface area contributed by atoms with Crippen LogP contribution in [0.2, 0.25) is 5.15 Å². The van der Waals surface area contributed by atoms with Crippen molar-refractivity contribution in [2.75, 3.05) is 33.6 Å². The van der Waals surface area contributed by atoms with Crippen LogP contribution in [-0.2, 0) is 10.0 Å². The van der Waals surface area contributed by atoms with E-state index in [1.807, 2.05) is 0 Å². The standard InChI is InChI=1S/C15H17ClN6O6S/c1-22(2)13(23)8-5-6-9(16)17-12(8)29(25,26)21-15(24)20-14-18-10(27-3)7-11(19-14)28-4/h5-7H,1-4H3,(H2,18,19,20,21,24). The maximum atomic E-state index is 12.6. The second-order valence-corrected chi connectivity index (χ2v) is 7.51. The minimum absolute atomic E-state index is 0.0744. The number of nitrogens with zero attached hydrogens (tertiary/aromatic N) is 4. The van der Waals surface area contributed by atoms with Gasteiger partial charge in [-0.1, -0.05) is 11.6 Å². The Morgan fingerprint density at radius 2 is 1.66 bits per heavy atom. The molecule has 0 aromatic carbocycles. The summed E-state index contributed by atoms with van der Waals surface area (Å²) in [6, 6.07) is 2.60. The summed E-state index contributed by atoms with van der Waals surface area (Å²) >= 11 is 5.76. The van der Waals surface area contributed by atoms with Gasteiger partial charge in [-0.3, -0.25) is 10.1 Å². The number of amides is 3. The summed E-state index contributed by atoms with van der Waals surface area (Å²) in [6.45, 7) is 0. The normalized spacial score (nSPS) is 10.8. The third-order valence-electron chi connectivity index (χ3n) is 3.27. The first-order valence-electron chi connectivity index (χ1n) is 7.76. The number of hydrogen-bond donors (Lipinski definition) is 2. The highest BCUT2D eigenvalue weighted by Crippen LogP contribution is 2.19. The van der Waals surface area contributed by atoms with Gasteiger partial charge in [0.1, 0.15) is 5.15 Å². The van der Waals surface area contributed by atoms with Crippen molar-refractivity contribution in [1.29, 1.82) is 0 Å². The molecular weight excluding hydrogens is 428 g/mol. The lowest BCUT2D eigenvalue weighted by atomic mass is 10.2. The summed E-state index contributed by atoms with van der Waals surface area (Å²) < 4.78 is 36.9. The van der Waals surface area contributed by atoms with Crippen LogP contribution in [0, 0.1) is 0 Å². The predicted molar refractivity (Wildman–Crippen MR) is 102 cm³/mol. The van der Waals surface area contributed by atoms with Crippen LogP contribution < -0.4 is 19.5 Å². The highest BCUT2D eigenvalue weighted by atomic mass is 35.5. The number of ether oxygens (including phenoxy) is 2. The monoisotopic (exact) mass is 444 g/mol. The Morgan fingerprint density at radius 3 is 2.17 bits per heavy atom. The molecule has 0 aliphatic heterocycles. The minimum atomic E-state index is -4.57. The average molecular weight is 445 g/mol. The van der Waals surface area contributed by atoms with Gasteiger partial charge in [0.05, 0.1) is 25.8 Å². The van der Waals surface area contributed by atoms with E-state index < -0.39 is 27.0 Å². The van der Waals surface area contributed by atoms with E-state index in [4.69, 9.17) is 21.1 Å². The summed E-state index contributed by atoms with van der Waals surface area (Å²) in [5.74, 6) is -0.774. The molecule has 2 aromatic heterocycles. The van der Waals surface area contributed by atoms with Crippen LogP contribution in [0.5, 0.6) is 11.8 Å². The van der Waals surface area contributed by atoms with Crippen molar-refractivity contribution >= 4 is 39.5 Å². The summed E-state index contributed by atoms with van der Waals surface area (Å²) in [5.41, 5.74) is -0.265. The Morgan fingerprint density at radius 1 is 1.07 bits per heavy atom. The number of sulfonamides is 1. The van der Waals surface area contributed by atoms with E-state index in [0.29, 0.717) is 0 Å². The maximum Gasteiger partial charge on any atom is 0.335 e. The number of rotatable bonds is 6. The van der Waals surface area contributed by atoms with Crippen molar-refractivity contribution < 1.29 is 27.5 Å². The van der Waals surface area contributed by atoms with E-state index in [-0.39, 0.29) is 28.4 Å². The largest absolute Gasteiger partial charge is 0.481 e. The molecule has 0 fully saturated rings. The number of halogens is 1. The van der Waals surface area contributed by atoms with E-state index in [1.165, 1.54) is 46.5 Å². The van der Waals surface area contributed by atoms with Crippen LogP contribution in [0.25, 0.3) is 0 Å². The SMILES string of the molecule is COc1cc(OC)nc(NC(=O)NS(=O)(=O)c2nc(Cl)ccc2C(=O)N(C)C)n1. The molecule has 2 heterocycles. The first kappa shape index (κ1) is 22.1. The molecule has 0 bridgehead atoms. The fourth-order valence-corrected chi connectivity index (χ4v) is 3.25. The van der Waals surface area contributed by atoms with Crippen LogP contribution in [-0.4, -0.2) is 68.5 Å². The van der Waals surface area contributed by atoms with E-state index in [9.17, 15) is 18.0 Å². The van der Waals surface area contributed by atoms with E-state index in [0.717, 1.165) is 4.90 Å². The highest BCUT2D eigenvalue weighted by molar-refractivity contribution is 7.90. The minimum Gasteiger partial charge on any atom is -0.481 e. The number of methoxy groups -OCH3 is 2. The number of hydrogen-bond acceptors (Lipinski definition) is 9. The third-order valence-corrected chi connectivity index (χ3v) is 4.75. The van der Waals surface area contributed by atoms with Crippen LogP contribution in [0.1, 0.15) is 10.4 Å². The molecule has 14 heteroatoms. The molecule has 0 radical (unpaired) electrons. The lowest BCUT2D eigenvalue weighted by Gasteiger charge is -2.14. The van der Waals surface area contributed by atoms with Crippen LogP contribution in [0.3, 0.4) is 0 Å². The molecule has 12 nitrogen and oxygen atoms in total. The summed E-state index contributed by atoms with van der Waals surface area (Å²) in [5, 5.41) is 1.25. The quantitative estimate of drug-likeness (QED) is 0.614. The van der Waals surface area contributed by atoms with Crippen molar-refractivity contribution in [3.63, 3.8) is 0 Å². The molecule has 0 saturated carbocycles. The first-order valence-corrected chi connectivity index (χ1v) is 9.62. The summed E-state index contributed by atoms with van der Waals surface area (Å²) in [7, 11) is 0.972. The van der Waals surface area contributed by atoms with Crippen molar-refractivity contribution in [1.82, 2.24) is 24.6 Å². The topological polar surface area (TPSA) is 153 Å². The zero-order valence-corrected chi connectivity index (χ0v) is 17.3.